The van der Waals surface area contributed by atoms with Crippen LogP contribution in [0.1, 0.15) is 69.6 Å². The van der Waals surface area contributed by atoms with E-state index in [1.165, 1.54) is 6.92 Å². The van der Waals surface area contributed by atoms with Crippen molar-refractivity contribution in [3.05, 3.63) is 43.0 Å². The lowest BCUT2D eigenvalue weighted by Crippen LogP contribution is -2.33. The number of nitrogens with one attached hydrogen (secondary N) is 1. The van der Waals surface area contributed by atoms with Crippen LogP contribution in [0.2, 0.25) is 0 Å². The quantitative estimate of drug-likeness (QED) is 0.0206. The van der Waals surface area contributed by atoms with Crippen LogP contribution >= 0.6 is 46.9 Å². The monoisotopic (exact) mass is 931 g/mol. The topological polar surface area (TPSA) is 439 Å². The second kappa shape index (κ2) is 21.6. The Kier molecular flexibility index (Phi) is 19.5. The number of ketones is 1. The number of phosphoric acid groups is 6. The zero-order valence-electron chi connectivity index (χ0n) is 28.8. The van der Waals surface area contributed by atoms with Crippen LogP contribution in [-0.4, -0.2) is 81.8 Å². The van der Waals surface area contributed by atoms with Crippen molar-refractivity contribution in [2.24, 2.45) is 5.11 Å². The fourth-order valence-electron chi connectivity index (χ4n) is 4.41. The number of hydrogen-bond donors (Lipinski definition) is 8. The Balaban J connectivity index is 1.81. The van der Waals surface area contributed by atoms with Crippen LogP contribution in [0.15, 0.2) is 20.9 Å². The number of azide groups is 1. The lowest BCUT2D eigenvalue weighted by Gasteiger charge is -2.21. The first kappa shape index (κ1) is 50.6. The molecule has 9 atom stereocenters. The Hall–Kier alpha value is -1.56. The molecule has 0 amide bonds. The van der Waals surface area contributed by atoms with E-state index in [0.29, 0.717) is 38.5 Å². The first-order valence-corrected chi connectivity index (χ1v) is 24.6. The van der Waals surface area contributed by atoms with Crippen molar-refractivity contribution in [2.45, 2.75) is 83.1 Å². The number of H-pyrrole nitrogens is 1. The summed E-state index contributed by atoms with van der Waals surface area (Å²) in [7, 11) is -36.8. The molecule has 6 unspecified atom stereocenters. The average molecular weight is 931 g/mol. The van der Waals surface area contributed by atoms with Gasteiger partial charge in [-0.2, -0.15) is 21.6 Å². The average Bonchev–Trinajstić information content (AvgIpc) is 3.38. The molecule has 1 aromatic rings. The van der Waals surface area contributed by atoms with Gasteiger partial charge in [0.15, 0.2) is 0 Å². The van der Waals surface area contributed by atoms with Gasteiger partial charge >= 0.3 is 52.6 Å². The van der Waals surface area contributed by atoms with E-state index in [1.807, 2.05) is 4.98 Å². The second-order valence-electron chi connectivity index (χ2n) is 11.4. The van der Waals surface area contributed by atoms with E-state index in [4.69, 9.17) is 10.3 Å². The summed E-state index contributed by atoms with van der Waals surface area (Å²) in [6.45, 7) is -0.105. The number of aryl methyl sites for hydroxylation is 1. The molecule has 56 heavy (non-hydrogen) atoms. The molecule has 0 spiro atoms. The molecular weight excluding hydrogens is 892 g/mol. The van der Waals surface area contributed by atoms with Gasteiger partial charge in [0.2, 0.25) is 0 Å². The summed E-state index contributed by atoms with van der Waals surface area (Å²) in [5, 5.41) is 13.5. The third-order valence-corrected chi connectivity index (χ3v) is 16.0. The van der Waals surface area contributed by atoms with Crippen molar-refractivity contribution in [3.8, 4) is 0 Å². The molecule has 35 heteroatoms. The van der Waals surface area contributed by atoms with Gasteiger partial charge in [-0.05, 0) is 31.7 Å². The van der Waals surface area contributed by atoms with E-state index in [-0.39, 0.29) is 37.2 Å². The van der Waals surface area contributed by atoms with Gasteiger partial charge in [-0.25, -0.2) is 32.2 Å². The number of unbranched alkanes of at least 4 members (excludes halogenated alkanes) is 4. The summed E-state index contributed by atoms with van der Waals surface area (Å²) in [5.74, 6) is -0.0173. The number of phosphoric ester groups is 2. The largest absolute Gasteiger partial charge is 0.490 e. The van der Waals surface area contributed by atoms with Crippen LogP contribution < -0.4 is 11.2 Å². The molecule has 1 fully saturated rings. The minimum atomic E-state index is -6.48. The van der Waals surface area contributed by atoms with Crippen molar-refractivity contribution in [3.63, 3.8) is 0 Å². The zero-order chi connectivity index (χ0) is 42.6. The summed E-state index contributed by atoms with van der Waals surface area (Å²) in [6.07, 6.45) is -0.341. The third kappa shape index (κ3) is 19.5. The summed E-state index contributed by atoms with van der Waals surface area (Å²) in [6, 6.07) is 0. The Morgan fingerprint density at radius 1 is 0.821 bits per heavy atom. The molecule has 8 N–H and O–H groups in total. The SMILES string of the molecule is Cc1cn([C@H]2C[C@@H](O)[C@@H](COP(=O)(O)OP(=O)(O)OP(=O)(O)OP(=O)(O)OP(=O)(O)OP(=O)(O)OCCCCCCCC(=O)CCCN=[N+]=[N-])O2)c(=O)[nH]c1=O. The predicted octanol–water partition coefficient (Wildman–Crippen LogP) is 3.21. The Morgan fingerprint density at radius 2 is 1.30 bits per heavy atom. The lowest BCUT2D eigenvalue weighted by atomic mass is 10.1. The summed E-state index contributed by atoms with van der Waals surface area (Å²) < 4.78 is 106. The highest BCUT2D eigenvalue weighted by Crippen LogP contribution is 2.75. The van der Waals surface area contributed by atoms with Crippen LogP contribution in [0.25, 0.3) is 10.4 Å². The maximum absolute atomic E-state index is 12.2. The summed E-state index contributed by atoms with van der Waals surface area (Å²) in [4.78, 5) is 98.0. The second-order valence-corrected chi connectivity index (χ2v) is 20.8. The van der Waals surface area contributed by atoms with E-state index in [1.54, 1.807) is 0 Å². The number of carbonyl (C=O) groups excluding carboxylic acids is 1. The van der Waals surface area contributed by atoms with Crippen LogP contribution in [0.5, 0.6) is 0 Å². The van der Waals surface area contributed by atoms with Gasteiger partial charge in [0, 0.05) is 42.5 Å². The highest BCUT2D eigenvalue weighted by molar-refractivity contribution is 7.72. The Labute approximate surface area is 315 Å². The van der Waals surface area contributed by atoms with E-state index in [0.717, 1.165) is 10.8 Å². The number of aromatic amines is 1. The maximum atomic E-state index is 12.2. The number of carbonyl (C=O) groups is 1. The molecule has 1 aliphatic heterocycles. The molecular formula is C21H39N5O24P6. The highest BCUT2D eigenvalue weighted by atomic mass is 31.3. The molecule has 1 aliphatic rings. The maximum Gasteiger partial charge on any atom is 0.490 e. The van der Waals surface area contributed by atoms with Gasteiger partial charge in [0.05, 0.1) is 19.3 Å². The summed E-state index contributed by atoms with van der Waals surface area (Å²) in [5.41, 5.74) is 6.63. The molecule has 2 rings (SSSR count). The minimum absolute atomic E-state index is 0.0173. The standard InChI is InChI=1S/C21H39N5O24P6/c1-15-13-26(21(30)24-20(15)29)19-12-17(28)18(45-19)14-44-52(33,34)47-54(37,38)49-56(41,42)50-55(39,40)48-53(35,36)46-51(31,32)43-11-6-4-2-3-5-8-16(27)9-7-10-23-25-22/h13,17-19,28H,2-12,14H2,1H3,(H,31,32)(H,33,34)(H,35,36)(H,37,38)(H,39,40)(H,41,42)(H,24,29,30)/t17-,18-,19-/m1/s1. The van der Waals surface area contributed by atoms with Crippen LogP contribution in [0.4, 0.5) is 0 Å². The fraction of sp³-hybridized carbons (Fsp3) is 0.762. The molecule has 0 aliphatic carbocycles. The van der Waals surface area contributed by atoms with Crippen molar-refractivity contribution in [1.29, 1.82) is 0 Å². The number of aliphatic hydroxyl groups is 1. The third-order valence-electron chi connectivity index (χ3n) is 6.73. The number of hydrogen-bond acceptors (Lipinski definition) is 19. The first-order valence-electron chi connectivity index (χ1n) is 15.7. The van der Waals surface area contributed by atoms with E-state index >= 15 is 0 Å². The van der Waals surface area contributed by atoms with Gasteiger partial charge < -0.3 is 39.2 Å². The summed E-state index contributed by atoms with van der Waals surface area (Å²) >= 11 is 0. The van der Waals surface area contributed by atoms with Crippen LogP contribution in [0, 0.1) is 6.92 Å². The zero-order valence-corrected chi connectivity index (χ0v) is 34.2. The van der Waals surface area contributed by atoms with Gasteiger partial charge in [0.1, 0.15) is 18.1 Å². The molecule has 322 valence electrons. The van der Waals surface area contributed by atoms with E-state index in [2.05, 4.69) is 40.6 Å². The Morgan fingerprint density at radius 3 is 1.86 bits per heavy atom. The smallest absolute Gasteiger partial charge is 0.390 e. The molecule has 0 bridgehead atoms. The van der Waals surface area contributed by atoms with Crippen molar-refractivity contribution < 1.29 is 102 Å². The fourth-order valence-corrected chi connectivity index (χ4v) is 12.3. The molecule has 1 saturated heterocycles. The number of aliphatic hydroxyl groups excluding tert-OH is 1. The van der Waals surface area contributed by atoms with Crippen molar-refractivity contribution in [2.75, 3.05) is 19.8 Å². The number of Topliss-reactive ketones (excluding diaryl/α,β-unsaturated/α-hetero) is 1. The number of nitrogens with zero attached hydrogens (tertiary/aromatic N) is 4. The molecule has 29 nitrogen and oxygen atoms in total. The molecule has 0 radical (unpaired) electrons. The number of ether oxygens (including phenoxy) is 1. The van der Waals surface area contributed by atoms with Crippen LogP contribution in [0.3, 0.4) is 0 Å². The van der Waals surface area contributed by atoms with Gasteiger partial charge in [-0.3, -0.25) is 28.2 Å². The Bertz CT molecular complexity index is 1990. The van der Waals surface area contributed by atoms with Crippen molar-refractivity contribution >= 4 is 52.7 Å². The van der Waals surface area contributed by atoms with E-state index < -0.39 is 89.8 Å². The first-order chi connectivity index (χ1) is 25.7. The minimum Gasteiger partial charge on any atom is -0.390 e. The molecule has 1 aromatic heterocycles. The number of rotatable bonds is 27. The molecule has 0 aromatic carbocycles. The number of aromatic nitrogens is 2. The molecule has 2 heterocycles. The van der Waals surface area contributed by atoms with Gasteiger partial charge in [0.25, 0.3) is 5.56 Å². The lowest BCUT2D eigenvalue weighted by molar-refractivity contribution is -0.119. The molecule has 0 saturated carbocycles. The van der Waals surface area contributed by atoms with E-state index in [9.17, 15) is 76.2 Å². The normalized spacial score (nSPS) is 23.7. The van der Waals surface area contributed by atoms with Gasteiger partial charge in [-0.1, -0.05) is 24.4 Å². The predicted molar refractivity (Wildman–Crippen MR) is 183 cm³/mol. The van der Waals surface area contributed by atoms with Gasteiger partial charge in [-0.15, -0.1) is 0 Å². The van der Waals surface area contributed by atoms with Crippen LogP contribution in [-0.2, 0) is 67.5 Å². The highest BCUT2D eigenvalue weighted by Gasteiger charge is 2.50. The van der Waals surface area contributed by atoms with Crippen molar-refractivity contribution in [1.82, 2.24) is 9.55 Å².